The average molecular weight is 298 g/mol. The van der Waals surface area contributed by atoms with E-state index in [-0.39, 0.29) is 6.61 Å². The summed E-state index contributed by atoms with van der Waals surface area (Å²) in [6.45, 7) is 4.53. The van der Waals surface area contributed by atoms with Gasteiger partial charge in [-0.25, -0.2) is 0 Å². The number of aliphatic hydroxyl groups is 1. The van der Waals surface area contributed by atoms with Crippen molar-refractivity contribution in [1.82, 2.24) is 9.88 Å². The Hall–Kier alpha value is -1.32. The van der Waals surface area contributed by atoms with Gasteiger partial charge in [-0.1, -0.05) is 25.1 Å². The summed E-state index contributed by atoms with van der Waals surface area (Å²) in [6.07, 6.45) is 6.27. The Labute approximate surface area is 132 Å². The first-order valence-electron chi connectivity index (χ1n) is 8.73. The number of para-hydroxylation sites is 1. The number of piperidine rings is 1. The van der Waals surface area contributed by atoms with Crippen molar-refractivity contribution >= 4 is 10.9 Å². The van der Waals surface area contributed by atoms with E-state index in [9.17, 15) is 5.11 Å². The minimum atomic E-state index is 0.258. The number of nitrogens with zero attached hydrogens (tertiary/aromatic N) is 1. The van der Waals surface area contributed by atoms with Crippen molar-refractivity contribution in [2.45, 2.75) is 45.1 Å². The van der Waals surface area contributed by atoms with Crippen molar-refractivity contribution in [2.75, 3.05) is 19.7 Å². The number of rotatable bonds is 3. The fraction of sp³-hybridized carbons (Fsp3) is 0.579. The molecule has 4 rings (SSSR count). The summed E-state index contributed by atoms with van der Waals surface area (Å²) in [7, 11) is 0. The topological polar surface area (TPSA) is 39.3 Å². The highest BCUT2D eigenvalue weighted by molar-refractivity contribution is 5.85. The fourth-order valence-corrected chi connectivity index (χ4v) is 5.06. The zero-order valence-corrected chi connectivity index (χ0v) is 13.4. The van der Waals surface area contributed by atoms with Crippen LogP contribution >= 0.6 is 0 Å². The highest BCUT2D eigenvalue weighted by Gasteiger charge is 2.47. The number of aromatic nitrogens is 1. The molecule has 1 aliphatic heterocycles. The minimum absolute atomic E-state index is 0.258. The summed E-state index contributed by atoms with van der Waals surface area (Å²) < 4.78 is 0. The van der Waals surface area contributed by atoms with Crippen LogP contribution in [0.3, 0.4) is 0 Å². The van der Waals surface area contributed by atoms with Crippen molar-refractivity contribution in [3.05, 3.63) is 35.5 Å². The molecule has 1 saturated heterocycles. The number of likely N-dealkylation sites (tertiary alicyclic amines) is 1. The van der Waals surface area contributed by atoms with Crippen LogP contribution in [0.1, 0.15) is 49.9 Å². The van der Waals surface area contributed by atoms with Gasteiger partial charge in [-0.2, -0.15) is 0 Å². The molecule has 1 aromatic heterocycles. The van der Waals surface area contributed by atoms with E-state index in [1.165, 1.54) is 54.3 Å². The van der Waals surface area contributed by atoms with Crippen LogP contribution in [0, 0.1) is 5.41 Å². The third-order valence-corrected chi connectivity index (χ3v) is 6.13. The Morgan fingerprint density at radius 2 is 2.18 bits per heavy atom. The number of H-pyrrole nitrogens is 1. The molecule has 2 N–H and O–H groups in total. The van der Waals surface area contributed by atoms with E-state index in [0.717, 1.165) is 13.1 Å². The number of aromatic amines is 1. The van der Waals surface area contributed by atoms with Crippen LogP contribution in [0.4, 0.5) is 0 Å². The second-order valence-electron chi connectivity index (χ2n) is 7.04. The maximum absolute atomic E-state index is 9.53. The van der Waals surface area contributed by atoms with Gasteiger partial charge in [0.25, 0.3) is 0 Å². The summed E-state index contributed by atoms with van der Waals surface area (Å²) in [5.41, 5.74) is 4.62. The predicted molar refractivity (Wildman–Crippen MR) is 90.0 cm³/mol. The van der Waals surface area contributed by atoms with Crippen molar-refractivity contribution in [1.29, 1.82) is 0 Å². The lowest BCUT2D eigenvalue weighted by molar-refractivity contribution is -0.0133. The van der Waals surface area contributed by atoms with E-state index in [0.29, 0.717) is 11.5 Å². The maximum atomic E-state index is 9.53. The lowest BCUT2D eigenvalue weighted by Crippen LogP contribution is -2.49. The normalized spacial score (nSPS) is 28.5. The van der Waals surface area contributed by atoms with Gasteiger partial charge in [-0.3, -0.25) is 4.90 Å². The molecule has 3 nitrogen and oxygen atoms in total. The third kappa shape index (κ3) is 1.95. The van der Waals surface area contributed by atoms with Crippen LogP contribution in [0.2, 0.25) is 0 Å². The van der Waals surface area contributed by atoms with Gasteiger partial charge in [0.05, 0.1) is 6.61 Å². The largest absolute Gasteiger partial charge is 0.395 e. The van der Waals surface area contributed by atoms with E-state index in [1.54, 1.807) is 0 Å². The van der Waals surface area contributed by atoms with Gasteiger partial charge in [0.15, 0.2) is 0 Å². The number of nitrogens with one attached hydrogen (secondary N) is 1. The van der Waals surface area contributed by atoms with E-state index in [1.807, 2.05) is 0 Å². The Morgan fingerprint density at radius 1 is 1.32 bits per heavy atom. The van der Waals surface area contributed by atoms with E-state index >= 15 is 0 Å². The quantitative estimate of drug-likeness (QED) is 0.908. The van der Waals surface area contributed by atoms with Gasteiger partial charge < -0.3 is 10.1 Å². The smallest absolute Gasteiger partial charge is 0.0558 e. The van der Waals surface area contributed by atoms with Gasteiger partial charge in [-0.05, 0) is 55.7 Å². The number of hydrogen-bond donors (Lipinski definition) is 2. The molecule has 2 heterocycles. The Kier molecular flexibility index (Phi) is 3.50. The van der Waals surface area contributed by atoms with E-state index < -0.39 is 0 Å². The van der Waals surface area contributed by atoms with Crippen molar-refractivity contribution in [3.63, 3.8) is 0 Å². The van der Waals surface area contributed by atoms with Gasteiger partial charge in [0.1, 0.15) is 0 Å². The number of fused-ring (bicyclic) bond motifs is 5. The van der Waals surface area contributed by atoms with E-state index in [4.69, 9.17) is 0 Å². The van der Waals surface area contributed by atoms with Crippen LogP contribution in [0.25, 0.3) is 10.9 Å². The first kappa shape index (κ1) is 14.3. The number of aliphatic hydroxyl groups excluding tert-OH is 1. The second kappa shape index (κ2) is 5.39. The predicted octanol–water partition coefficient (Wildman–Crippen LogP) is 3.64. The molecule has 2 atom stereocenters. The molecule has 0 amide bonds. The summed E-state index contributed by atoms with van der Waals surface area (Å²) in [5, 5.41) is 10.9. The zero-order valence-electron chi connectivity index (χ0n) is 13.4. The number of aryl methyl sites for hydroxylation is 1. The van der Waals surface area contributed by atoms with Crippen molar-refractivity contribution in [3.8, 4) is 0 Å². The molecule has 1 fully saturated rings. The van der Waals surface area contributed by atoms with Gasteiger partial charge in [0.2, 0.25) is 0 Å². The fourth-order valence-electron chi connectivity index (χ4n) is 5.06. The highest BCUT2D eigenvalue weighted by Crippen LogP contribution is 2.55. The minimum Gasteiger partial charge on any atom is -0.395 e. The number of β-amino-alcohol motifs (C(OH)–C–C–N with tert-alkyl or cyclic N) is 1. The Balaban J connectivity index is 1.90. The standard InChI is InChI=1S/C19H26N2O/c1-2-19-9-5-11-21(12-13-22)18(19)17-14-6-3-4-7-15(14)20-16(17)8-10-19/h3-4,6-7,18,20,22H,2,5,8-13H2,1H3/t18-,19+/m1/s1. The maximum Gasteiger partial charge on any atom is 0.0558 e. The zero-order chi connectivity index (χ0) is 15.2. The molecule has 22 heavy (non-hydrogen) atoms. The third-order valence-electron chi connectivity index (χ3n) is 6.13. The van der Waals surface area contributed by atoms with Gasteiger partial charge >= 0.3 is 0 Å². The molecule has 0 spiro atoms. The molecule has 2 aromatic rings. The first-order valence-corrected chi connectivity index (χ1v) is 8.73. The SMILES string of the molecule is CC[C@@]12CCCN(CCO)[C@@H]1c1c([nH]c3ccccc13)CC2. The molecule has 1 aromatic carbocycles. The summed E-state index contributed by atoms with van der Waals surface area (Å²) in [4.78, 5) is 6.21. The molecule has 1 aliphatic carbocycles. The van der Waals surface area contributed by atoms with Crippen LogP contribution in [0.15, 0.2) is 24.3 Å². The monoisotopic (exact) mass is 298 g/mol. The number of hydrogen-bond acceptors (Lipinski definition) is 2. The van der Waals surface area contributed by atoms with Crippen molar-refractivity contribution < 1.29 is 5.11 Å². The van der Waals surface area contributed by atoms with Crippen LogP contribution in [-0.2, 0) is 6.42 Å². The molecule has 0 unspecified atom stereocenters. The Bertz CT molecular complexity index is 675. The molecule has 2 aliphatic rings. The average Bonchev–Trinajstić information content (AvgIpc) is 2.93. The van der Waals surface area contributed by atoms with Crippen LogP contribution in [0.5, 0.6) is 0 Å². The summed E-state index contributed by atoms with van der Waals surface area (Å²) >= 11 is 0. The molecule has 3 heteroatoms. The molecule has 0 saturated carbocycles. The summed E-state index contributed by atoms with van der Waals surface area (Å²) in [6, 6.07) is 9.20. The molecular formula is C19H26N2O. The number of benzene rings is 1. The molecule has 0 radical (unpaired) electrons. The Morgan fingerprint density at radius 3 is 3.00 bits per heavy atom. The van der Waals surface area contributed by atoms with Crippen LogP contribution < -0.4 is 0 Å². The van der Waals surface area contributed by atoms with Crippen molar-refractivity contribution in [2.24, 2.45) is 5.41 Å². The highest BCUT2D eigenvalue weighted by atomic mass is 16.3. The summed E-state index contributed by atoms with van der Waals surface area (Å²) in [5.74, 6) is 0. The molecule has 0 bridgehead atoms. The van der Waals surface area contributed by atoms with Crippen LogP contribution in [-0.4, -0.2) is 34.7 Å². The van der Waals surface area contributed by atoms with Gasteiger partial charge in [-0.15, -0.1) is 0 Å². The lowest BCUT2D eigenvalue weighted by Gasteiger charge is -2.52. The molecule has 118 valence electrons. The lowest BCUT2D eigenvalue weighted by atomic mass is 9.62. The molecular weight excluding hydrogens is 272 g/mol. The first-order chi connectivity index (χ1) is 10.8. The van der Waals surface area contributed by atoms with Gasteiger partial charge in [0, 0.05) is 29.2 Å². The second-order valence-corrected chi connectivity index (χ2v) is 7.04. The van der Waals surface area contributed by atoms with E-state index in [2.05, 4.69) is 41.1 Å².